The molecule has 0 unspecified atom stereocenters. The summed E-state index contributed by atoms with van der Waals surface area (Å²) in [7, 11) is 1.65. The van der Waals surface area contributed by atoms with Crippen LogP contribution < -0.4 is 4.74 Å². The summed E-state index contributed by atoms with van der Waals surface area (Å²) in [6, 6.07) is 18.0. The molecule has 0 N–H and O–H groups in total. The second-order valence-corrected chi connectivity index (χ2v) is 6.71. The summed E-state index contributed by atoms with van der Waals surface area (Å²) in [6.45, 7) is 0. The number of methoxy groups -OCH3 is 1. The molecule has 0 amide bonds. The topological polar surface area (TPSA) is 39.2 Å². The van der Waals surface area contributed by atoms with E-state index in [0.717, 1.165) is 44.7 Å². The van der Waals surface area contributed by atoms with Crippen LogP contribution >= 0.6 is 11.8 Å². The van der Waals surface area contributed by atoms with Crippen molar-refractivity contribution in [1.82, 2.24) is 4.98 Å². The van der Waals surface area contributed by atoms with Crippen LogP contribution in [0.25, 0.3) is 17.0 Å². The highest BCUT2D eigenvalue weighted by atomic mass is 32.2. The first-order valence-corrected chi connectivity index (χ1v) is 8.53. The molecule has 1 aliphatic rings. The summed E-state index contributed by atoms with van der Waals surface area (Å²) in [5.74, 6) is 0.791. The first kappa shape index (κ1) is 15.0. The van der Waals surface area contributed by atoms with E-state index in [9.17, 15) is 4.79 Å². The van der Waals surface area contributed by atoms with E-state index in [1.165, 1.54) is 0 Å². The summed E-state index contributed by atoms with van der Waals surface area (Å²) in [5, 5.41) is 1.96. The van der Waals surface area contributed by atoms with Crippen LogP contribution in [0.5, 0.6) is 5.75 Å². The molecule has 0 fully saturated rings. The van der Waals surface area contributed by atoms with Gasteiger partial charge < -0.3 is 4.74 Å². The number of aldehydes is 1. The Balaban J connectivity index is 1.84. The van der Waals surface area contributed by atoms with Crippen molar-refractivity contribution in [2.75, 3.05) is 7.11 Å². The zero-order chi connectivity index (χ0) is 16.5. The second kappa shape index (κ2) is 6.13. The molecular formula is C20H15NO2S. The maximum Gasteiger partial charge on any atom is 0.147 e. The third kappa shape index (κ3) is 2.59. The highest BCUT2D eigenvalue weighted by molar-refractivity contribution is 7.99. The molecule has 118 valence electrons. The SMILES string of the molecule is COc1ccc2cc3c(nc2c1)S[C@H](c1ccccc1)C(C=O)=C3. The van der Waals surface area contributed by atoms with Gasteiger partial charge in [0, 0.05) is 22.6 Å². The molecule has 4 rings (SSSR count). The fourth-order valence-corrected chi connectivity index (χ4v) is 4.07. The maximum atomic E-state index is 11.6. The quantitative estimate of drug-likeness (QED) is 0.653. The first-order chi connectivity index (χ1) is 11.8. The Morgan fingerprint density at radius 1 is 1.12 bits per heavy atom. The standard InChI is InChI=1S/C20H15NO2S/c1-23-17-8-7-14-9-15-10-16(12-22)19(13-5-3-2-4-6-13)24-20(15)21-18(14)11-17/h2-12,19H,1H3/t19-/m1/s1. The average Bonchev–Trinajstić information content (AvgIpc) is 2.65. The number of ether oxygens (including phenoxy) is 1. The third-order valence-electron chi connectivity index (χ3n) is 4.11. The molecule has 2 aromatic carbocycles. The van der Waals surface area contributed by atoms with Gasteiger partial charge >= 0.3 is 0 Å². The molecule has 3 nitrogen and oxygen atoms in total. The Kier molecular flexibility index (Phi) is 3.82. The molecule has 3 aromatic rings. The van der Waals surface area contributed by atoms with Crippen LogP contribution in [0, 0.1) is 0 Å². The minimum atomic E-state index is -0.0215. The lowest BCUT2D eigenvalue weighted by molar-refractivity contribution is -0.104. The van der Waals surface area contributed by atoms with Gasteiger partial charge in [-0.3, -0.25) is 4.79 Å². The monoisotopic (exact) mass is 333 g/mol. The van der Waals surface area contributed by atoms with Gasteiger partial charge in [0.1, 0.15) is 17.1 Å². The van der Waals surface area contributed by atoms with Crippen LogP contribution in [0.4, 0.5) is 0 Å². The van der Waals surface area contributed by atoms with Gasteiger partial charge in [-0.2, -0.15) is 0 Å². The molecule has 1 aromatic heterocycles. The summed E-state index contributed by atoms with van der Waals surface area (Å²) >= 11 is 1.62. The van der Waals surface area contributed by atoms with Crippen molar-refractivity contribution in [3.05, 3.63) is 71.3 Å². The van der Waals surface area contributed by atoms with Crippen molar-refractivity contribution in [2.45, 2.75) is 10.3 Å². The predicted molar refractivity (Wildman–Crippen MR) is 97.4 cm³/mol. The fourth-order valence-electron chi connectivity index (χ4n) is 2.89. The molecule has 1 aliphatic heterocycles. The molecule has 4 heteroatoms. The number of carbonyl (C=O) groups is 1. The summed E-state index contributed by atoms with van der Waals surface area (Å²) in [5.41, 5.74) is 3.77. The minimum absolute atomic E-state index is 0.0215. The second-order valence-electron chi connectivity index (χ2n) is 5.61. The zero-order valence-electron chi connectivity index (χ0n) is 13.1. The molecule has 1 atom stereocenters. The highest BCUT2D eigenvalue weighted by Gasteiger charge is 2.25. The number of pyridine rings is 1. The molecule has 0 saturated carbocycles. The lowest BCUT2D eigenvalue weighted by Gasteiger charge is -2.22. The normalized spacial score (nSPS) is 16.4. The van der Waals surface area contributed by atoms with Crippen LogP contribution in [0.3, 0.4) is 0 Å². The average molecular weight is 333 g/mol. The van der Waals surface area contributed by atoms with Crippen LogP contribution in [-0.2, 0) is 4.79 Å². The number of thioether (sulfide) groups is 1. The van der Waals surface area contributed by atoms with Crippen molar-refractivity contribution in [2.24, 2.45) is 0 Å². The maximum absolute atomic E-state index is 11.6. The molecule has 0 aliphatic carbocycles. The van der Waals surface area contributed by atoms with E-state index in [1.807, 2.05) is 54.6 Å². The lowest BCUT2D eigenvalue weighted by atomic mass is 10.0. The number of benzene rings is 2. The number of rotatable bonds is 3. The number of nitrogens with zero attached hydrogens (tertiary/aromatic N) is 1. The molecule has 24 heavy (non-hydrogen) atoms. The van der Waals surface area contributed by atoms with Crippen molar-refractivity contribution in [3.63, 3.8) is 0 Å². The van der Waals surface area contributed by atoms with Crippen molar-refractivity contribution >= 4 is 35.0 Å². The van der Waals surface area contributed by atoms with E-state index >= 15 is 0 Å². The van der Waals surface area contributed by atoms with Gasteiger partial charge in [0.25, 0.3) is 0 Å². The van der Waals surface area contributed by atoms with Crippen molar-refractivity contribution < 1.29 is 9.53 Å². The highest BCUT2D eigenvalue weighted by Crippen LogP contribution is 2.45. The summed E-state index contributed by atoms with van der Waals surface area (Å²) < 4.78 is 5.29. The summed E-state index contributed by atoms with van der Waals surface area (Å²) in [6.07, 6.45) is 2.90. The zero-order valence-corrected chi connectivity index (χ0v) is 13.9. The molecule has 0 radical (unpaired) electrons. The van der Waals surface area contributed by atoms with Gasteiger partial charge in [-0.25, -0.2) is 4.98 Å². The Morgan fingerprint density at radius 2 is 1.96 bits per heavy atom. The Morgan fingerprint density at radius 3 is 2.71 bits per heavy atom. The molecule has 2 heterocycles. The predicted octanol–water partition coefficient (Wildman–Crippen LogP) is 4.67. The van der Waals surface area contributed by atoms with E-state index in [0.29, 0.717) is 0 Å². The first-order valence-electron chi connectivity index (χ1n) is 7.65. The molecule has 0 spiro atoms. The van der Waals surface area contributed by atoms with Gasteiger partial charge in [-0.15, -0.1) is 0 Å². The Bertz CT molecular complexity index is 951. The van der Waals surface area contributed by atoms with Gasteiger partial charge in [-0.1, -0.05) is 42.1 Å². The number of hydrogen-bond acceptors (Lipinski definition) is 4. The minimum Gasteiger partial charge on any atom is -0.497 e. The largest absolute Gasteiger partial charge is 0.497 e. The third-order valence-corrected chi connectivity index (χ3v) is 5.44. The lowest BCUT2D eigenvalue weighted by Crippen LogP contribution is -2.06. The molecule has 0 saturated heterocycles. The van der Waals surface area contributed by atoms with Gasteiger partial charge in [0.15, 0.2) is 0 Å². The van der Waals surface area contributed by atoms with Crippen LogP contribution in [-0.4, -0.2) is 18.4 Å². The van der Waals surface area contributed by atoms with E-state index in [1.54, 1.807) is 18.9 Å². The smallest absolute Gasteiger partial charge is 0.147 e. The number of fused-ring (bicyclic) bond motifs is 2. The van der Waals surface area contributed by atoms with Crippen molar-refractivity contribution in [1.29, 1.82) is 0 Å². The van der Waals surface area contributed by atoms with E-state index in [-0.39, 0.29) is 5.25 Å². The summed E-state index contributed by atoms with van der Waals surface area (Å²) in [4.78, 5) is 16.4. The molecular weight excluding hydrogens is 318 g/mol. The number of carbonyl (C=O) groups excluding carboxylic acids is 1. The fraction of sp³-hybridized carbons (Fsp3) is 0.100. The van der Waals surface area contributed by atoms with Gasteiger partial charge in [0.2, 0.25) is 0 Å². The van der Waals surface area contributed by atoms with Crippen LogP contribution in [0.15, 0.2) is 65.2 Å². The number of hydrogen-bond donors (Lipinski definition) is 0. The van der Waals surface area contributed by atoms with E-state index in [2.05, 4.69) is 6.07 Å². The van der Waals surface area contributed by atoms with Gasteiger partial charge in [0.05, 0.1) is 17.9 Å². The van der Waals surface area contributed by atoms with Crippen molar-refractivity contribution in [3.8, 4) is 5.75 Å². The Hall–Kier alpha value is -2.59. The Labute approximate surface area is 144 Å². The van der Waals surface area contributed by atoms with E-state index < -0.39 is 0 Å². The number of aromatic nitrogens is 1. The van der Waals surface area contributed by atoms with Crippen LogP contribution in [0.2, 0.25) is 0 Å². The van der Waals surface area contributed by atoms with Crippen LogP contribution in [0.1, 0.15) is 16.4 Å². The van der Waals surface area contributed by atoms with Gasteiger partial charge in [-0.05, 0) is 29.8 Å². The van der Waals surface area contributed by atoms with E-state index in [4.69, 9.17) is 9.72 Å². The molecule has 0 bridgehead atoms.